The van der Waals surface area contributed by atoms with Crippen molar-refractivity contribution in [3.8, 4) is 5.69 Å². The molecule has 4 heteroatoms. The van der Waals surface area contributed by atoms with Crippen molar-refractivity contribution in [1.82, 2.24) is 19.8 Å². The second kappa shape index (κ2) is 6.20. The van der Waals surface area contributed by atoms with E-state index in [1.807, 2.05) is 25.5 Å². The van der Waals surface area contributed by atoms with E-state index in [4.69, 9.17) is 0 Å². The molecule has 0 aliphatic carbocycles. The number of imidazole rings is 1. The molecule has 2 aromatic rings. The van der Waals surface area contributed by atoms with Crippen LogP contribution in [0.1, 0.15) is 18.7 Å². The first-order chi connectivity index (χ1) is 9.88. The van der Waals surface area contributed by atoms with E-state index >= 15 is 0 Å². The van der Waals surface area contributed by atoms with Crippen LogP contribution in [-0.2, 0) is 6.54 Å². The number of nitrogens with zero attached hydrogens (tertiary/aromatic N) is 3. The topological polar surface area (TPSA) is 33.1 Å². The van der Waals surface area contributed by atoms with Gasteiger partial charge in [0.15, 0.2) is 0 Å². The van der Waals surface area contributed by atoms with Gasteiger partial charge in [-0.25, -0.2) is 4.98 Å². The Labute approximate surface area is 120 Å². The lowest BCUT2D eigenvalue weighted by molar-refractivity contribution is 0.235. The van der Waals surface area contributed by atoms with Crippen molar-refractivity contribution in [1.29, 1.82) is 0 Å². The van der Waals surface area contributed by atoms with Crippen LogP contribution < -0.4 is 5.32 Å². The molecule has 20 heavy (non-hydrogen) atoms. The number of hydrogen-bond acceptors (Lipinski definition) is 3. The molecule has 2 heterocycles. The molecule has 1 saturated heterocycles. The second-order valence-corrected chi connectivity index (χ2v) is 5.37. The highest BCUT2D eigenvalue weighted by Crippen LogP contribution is 2.20. The predicted octanol–water partition coefficient (Wildman–Crippen LogP) is 2.06. The molecule has 1 aliphatic heterocycles. The molecule has 106 valence electrons. The van der Waals surface area contributed by atoms with E-state index in [-0.39, 0.29) is 0 Å². The predicted molar refractivity (Wildman–Crippen MR) is 80.9 cm³/mol. The van der Waals surface area contributed by atoms with Crippen molar-refractivity contribution in [2.75, 3.05) is 20.1 Å². The van der Waals surface area contributed by atoms with Gasteiger partial charge in [-0.05, 0) is 38.6 Å². The van der Waals surface area contributed by atoms with E-state index < -0.39 is 0 Å². The average Bonchev–Trinajstić information content (AvgIpc) is 3.11. The molecule has 1 N–H and O–H groups in total. The number of likely N-dealkylation sites (tertiary alicyclic amines) is 1. The van der Waals surface area contributed by atoms with E-state index in [2.05, 4.69) is 44.0 Å². The molecule has 1 fully saturated rings. The van der Waals surface area contributed by atoms with E-state index in [0.29, 0.717) is 6.04 Å². The zero-order chi connectivity index (χ0) is 13.8. The van der Waals surface area contributed by atoms with Crippen LogP contribution >= 0.6 is 0 Å². The van der Waals surface area contributed by atoms with E-state index in [1.54, 1.807) is 0 Å². The molecule has 1 unspecified atom stereocenters. The van der Waals surface area contributed by atoms with Gasteiger partial charge < -0.3 is 9.88 Å². The van der Waals surface area contributed by atoms with E-state index in [1.165, 1.54) is 25.1 Å². The standard InChI is InChI=1S/C16H22N4/c1-17-12-15-8-5-10-19(15)13-16-18-9-11-20(16)14-6-3-2-4-7-14/h2-4,6-7,9,11,15,17H,5,8,10,12-13H2,1H3. The molecule has 0 radical (unpaired) electrons. The number of para-hydroxylation sites is 1. The fraction of sp³-hybridized carbons (Fsp3) is 0.438. The van der Waals surface area contributed by atoms with Gasteiger partial charge >= 0.3 is 0 Å². The van der Waals surface area contributed by atoms with Crippen molar-refractivity contribution in [3.63, 3.8) is 0 Å². The Morgan fingerprint density at radius 3 is 2.95 bits per heavy atom. The lowest BCUT2D eigenvalue weighted by atomic mass is 10.2. The zero-order valence-electron chi connectivity index (χ0n) is 12.0. The highest BCUT2D eigenvalue weighted by Gasteiger charge is 2.24. The first kappa shape index (κ1) is 13.3. The molecule has 0 amide bonds. The fourth-order valence-electron chi connectivity index (χ4n) is 3.03. The van der Waals surface area contributed by atoms with Gasteiger partial charge in [0.25, 0.3) is 0 Å². The van der Waals surface area contributed by atoms with Gasteiger partial charge in [-0.1, -0.05) is 18.2 Å². The monoisotopic (exact) mass is 270 g/mol. The molecule has 0 saturated carbocycles. The summed E-state index contributed by atoms with van der Waals surface area (Å²) in [6, 6.07) is 11.1. The fourth-order valence-corrected chi connectivity index (χ4v) is 3.03. The Balaban J connectivity index is 1.77. The van der Waals surface area contributed by atoms with E-state index in [9.17, 15) is 0 Å². The maximum atomic E-state index is 4.55. The Hall–Kier alpha value is -1.65. The van der Waals surface area contributed by atoms with Gasteiger partial charge in [0.05, 0.1) is 6.54 Å². The number of aromatic nitrogens is 2. The molecule has 1 aliphatic rings. The third-order valence-corrected chi connectivity index (χ3v) is 4.04. The van der Waals surface area contributed by atoms with Crippen LogP contribution in [0.5, 0.6) is 0 Å². The average molecular weight is 270 g/mol. The first-order valence-electron chi connectivity index (χ1n) is 7.35. The third-order valence-electron chi connectivity index (χ3n) is 4.04. The van der Waals surface area contributed by atoms with Gasteiger partial charge in [-0.15, -0.1) is 0 Å². The minimum Gasteiger partial charge on any atom is -0.318 e. The molecule has 1 aromatic carbocycles. The summed E-state index contributed by atoms with van der Waals surface area (Å²) in [5.74, 6) is 1.12. The Kier molecular flexibility index (Phi) is 4.14. The minimum absolute atomic E-state index is 0.640. The quantitative estimate of drug-likeness (QED) is 0.903. The van der Waals surface area contributed by atoms with Crippen LogP contribution in [0, 0.1) is 0 Å². The minimum atomic E-state index is 0.640. The van der Waals surface area contributed by atoms with E-state index in [0.717, 1.165) is 18.9 Å². The van der Waals surface area contributed by atoms with Gasteiger partial charge in [-0.3, -0.25) is 4.90 Å². The molecular formula is C16H22N4. The Morgan fingerprint density at radius 1 is 1.30 bits per heavy atom. The third kappa shape index (κ3) is 2.76. The summed E-state index contributed by atoms with van der Waals surface area (Å²) in [5, 5.41) is 3.30. The number of likely N-dealkylation sites (N-methyl/N-ethyl adjacent to an activating group) is 1. The summed E-state index contributed by atoms with van der Waals surface area (Å²) in [4.78, 5) is 7.09. The number of rotatable bonds is 5. The summed E-state index contributed by atoms with van der Waals surface area (Å²) in [6.45, 7) is 3.16. The molecule has 0 bridgehead atoms. The lowest BCUT2D eigenvalue weighted by Crippen LogP contribution is -2.36. The maximum Gasteiger partial charge on any atom is 0.127 e. The van der Waals surface area contributed by atoms with Crippen molar-refractivity contribution in [2.45, 2.75) is 25.4 Å². The van der Waals surface area contributed by atoms with Gasteiger partial charge in [-0.2, -0.15) is 0 Å². The maximum absolute atomic E-state index is 4.55. The summed E-state index contributed by atoms with van der Waals surface area (Å²) in [5.41, 5.74) is 1.18. The highest BCUT2D eigenvalue weighted by atomic mass is 15.2. The van der Waals surface area contributed by atoms with Crippen LogP contribution in [0.25, 0.3) is 5.69 Å². The van der Waals surface area contributed by atoms with Crippen molar-refractivity contribution in [3.05, 3.63) is 48.5 Å². The van der Waals surface area contributed by atoms with Crippen LogP contribution in [0.4, 0.5) is 0 Å². The highest BCUT2D eigenvalue weighted by molar-refractivity contribution is 5.32. The summed E-state index contributed by atoms with van der Waals surface area (Å²) in [6.07, 6.45) is 6.52. The Morgan fingerprint density at radius 2 is 2.15 bits per heavy atom. The Bertz CT molecular complexity index is 534. The molecule has 1 atom stereocenters. The number of benzene rings is 1. The molecule has 3 rings (SSSR count). The summed E-state index contributed by atoms with van der Waals surface area (Å²) < 4.78 is 2.19. The van der Waals surface area contributed by atoms with Gasteiger partial charge in [0.2, 0.25) is 0 Å². The number of nitrogens with one attached hydrogen (secondary N) is 1. The largest absolute Gasteiger partial charge is 0.318 e. The van der Waals surface area contributed by atoms with Crippen molar-refractivity contribution >= 4 is 0 Å². The summed E-state index contributed by atoms with van der Waals surface area (Å²) in [7, 11) is 2.03. The van der Waals surface area contributed by atoms with Crippen LogP contribution in [0.3, 0.4) is 0 Å². The van der Waals surface area contributed by atoms with Crippen molar-refractivity contribution < 1.29 is 0 Å². The van der Waals surface area contributed by atoms with Crippen LogP contribution in [0.2, 0.25) is 0 Å². The number of hydrogen-bond donors (Lipinski definition) is 1. The SMILES string of the molecule is CNCC1CCCN1Cc1nccn1-c1ccccc1. The summed E-state index contributed by atoms with van der Waals surface area (Å²) >= 11 is 0. The second-order valence-electron chi connectivity index (χ2n) is 5.37. The normalized spacial score (nSPS) is 19.6. The van der Waals surface area contributed by atoms with Crippen LogP contribution in [-0.4, -0.2) is 40.6 Å². The zero-order valence-corrected chi connectivity index (χ0v) is 12.0. The smallest absolute Gasteiger partial charge is 0.127 e. The van der Waals surface area contributed by atoms with Gasteiger partial charge in [0, 0.05) is 30.7 Å². The molecule has 4 nitrogen and oxygen atoms in total. The van der Waals surface area contributed by atoms with Crippen molar-refractivity contribution in [2.24, 2.45) is 0 Å². The first-order valence-corrected chi connectivity index (χ1v) is 7.35. The lowest BCUT2D eigenvalue weighted by Gasteiger charge is -2.24. The van der Waals surface area contributed by atoms with Crippen LogP contribution in [0.15, 0.2) is 42.7 Å². The molecule has 0 spiro atoms. The molecule has 1 aromatic heterocycles. The van der Waals surface area contributed by atoms with Gasteiger partial charge in [0.1, 0.15) is 5.82 Å². The molecular weight excluding hydrogens is 248 g/mol.